The molecule has 112 valence electrons. The van der Waals surface area contributed by atoms with Gasteiger partial charge in [0.05, 0.1) is 0 Å². The number of nitrogens with two attached hydrogens (primary N) is 1. The van der Waals surface area contributed by atoms with Crippen LogP contribution in [0.3, 0.4) is 0 Å². The van der Waals surface area contributed by atoms with E-state index >= 15 is 0 Å². The van der Waals surface area contributed by atoms with E-state index in [1.807, 2.05) is 11.3 Å². The highest BCUT2D eigenvalue weighted by Crippen LogP contribution is 2.36. The van der Waals surface area contributed by atoms with E-state index in [0.29, 0.717) is 12.1 Å². The van der Waals surface area contributed by atoms with Crippen molar-refractivity contribution in [3.8, 4) is 0 Å². The molecule has 0 amide bonds. The monoisotopic (exact) mass is 292 g/mol. The van der Waals surface area contributed by atoms with Crippen molar-refractivity contribution >= 4 is 11.3 Å². The quantitative estimate of drug-likeness (QED) is 0.910. The van der Waals surface area contributed by atoms with E-state index in [4.69, 9.17) is 5.73 Å². The summed E-state index contributed by atoms with van der Waals surface area (Å²) in [7, 11) is 0. The Labute approximate surface area is 127 Å². The second-order valence-corrected chi connectivity index (χ2v) is 7.59. The van der Waals surface area contributed by atoms with Crippen molar-refractivity contribution in [2.45, 2.75) is 64.0 Å². The highest BCUT2D eigenvalue weighted by molar-refractivity contribution is 7.10. The third-order valence-corrected chi connectivity index (χ3v) is 6.39. The van der Waals surface area contributed by atoms with E-state index in [1.165, 1.54) is 51.5 Å². The van der Waals surface area contributed by atoms with Crippen LogP contribution in [-0.2, 0) is 6.42 Å². The van der Waals surface area contributed by atoms with Crippen molar-refractivity contribution in [3.63, 3.8) is 0 Å². The molecule has 0 spiro atoms. The van der Waals surface area contributed by atoms with Crippen LogP contribution in [0, 0.1) is 5.92 Å². The summed E-state index contributed by atoms with van der Waals surface area (Å²) in [6.07, 6.45) is 9.73. The van der Waals surface area contributed by atoms with Gasteiger partial charge in [-0.15, -0.1) is 11.3 Å². The molecule has 0 saturated heterocycles. The van der Waals surface area contributed by atoms with Crippen LogP contribution in [0.15, 0.2) is 11.4 Å². The minimum absolute atomic E-state index is 0.558. The van der Waals surface area contributed by atoms with Gasteiger partial charge in [-0.2, -0.15) is 0 Å². The number of rotatable bonds is 4. The number of nitrogens with zero attached hydrogens (tertiary/aromatic N) is 1. The molecule has 2 N–H and O–H groups in total. The van der Waals surface area contributed by atoms with E-state index in [1.54, 1.807) is 10.4 Å². The lowest BCUT2D eigenvalue weighted by Gasteiger charge is -2.41. The lowest BCUT2D eigenvalue weighted by Crippen LogP contribution is -2.46. The van der Waals surface area contributed by atoms with E-state index in [0.717, 1.165) is 12.5 Å². The molecule has 2 nitrogen and oxygen atoms in total. The zero-order valence-corrected chi connectivity index (χ0v) is 13.5. The second-order valence-electron chi connectivity index (χ2n) is 6.59. The predicted molar refractivity (Wildman–Crippen MR) is 87.2 cm³/mol. The van der Waals surface area contributed by atoms with Gasteiger partial charge in [-0.3, -0.25) is 4.90 Å². The SMILES string of the molecule is CC1c2ccsc2CCN1C(CN)CC1CCCCC1. The molecular weight excluding hydrogens is 264 g/mol. The van der Waals surface area contributed by atoms with Crippen molar-refractivity contribution in [2.75, 3.05) is 13.1 Å². The predicted octanol–water partition coefficient (Wildman–Crippen LogP) is 3.96. The van der Waals surface area contributed by atoms with Crippen LogP contribution in [0.1, 0.15) is 61.9 Å². The Bertz CT molecular complexity index is 422. The molecule has 1 aromatic heterocycles. The van der Waals surface area contributed by atoms with E-state index in [-0.39, 0.29) is 0 Å². The topological polar surface area (TPSA) is 29.3 Å². The molecule has 1 aromatic rings. The summed E-state index contributed by atoms with van der Waals surface area (Å²) in [5.41, 5.74) is 7.70. The molecule has 1 aliphatic heterocycles. The Kier molecular flexibility index (Phi) is 4.79. The normalized spacial score (nSPS) is 26.4. The average molecular weight is 292 g/mol. The van der Waals surface area contributed by atoms with Crippen LogP contribution < -0.4 is 5.73 Å². The first kappa shape index (κ1) is 14.6. The molecule has 2 aliphatic rings. The first-order valence-corrected chi connectivity index (χ1v) is 9.19. The summed E-state index contributed by atoms with van der Waals surface area (Å²) < 4.78 is 0. The third-order valence-electron chi connectivity index (χ3n) is 5.40. The standard InChI is InChI=1S/C17H28N2S/c1-13-16-8-10-20-17(16)7-9-19(13)15(12-18)11-14-5-3-2-4-6-14/h8,10,13-15H,2-7,9,11-12,18H2,1H3. The van der Waals surface area contributed by atoms with Gasteiger partial charge in [-0.05, 0) is 42.7 Å². The smallest absolute Gasteiger partial charge is 0.0334 e. The maximum absolute atomic E-state index is 6.14. The van der Waals surface area contributed by atoms with Gasteiger partial charge in [-0.1, -0.05) is 32.1 Å². The molecule has 20 heavy (non-hydrogen) atoms. The fourth-order valence-electron chi connectivity index (χ4n) is 4.20. The lowest BCUT2D eigenvalue weighted by molar-refractivity contribution is 0.111. The highest BCUT2D eigenvalue weighted by atomic mass is 32.1. The molecule has 2 heterocycles. The largest absolute Gasteiger partial charge is 0.329 e. The fraction of sp³-hybridized carbons (Fsp3) is 0.765. The van der Waals surface area contributed by atoms with Crippen molar-refractivity contribution in [1.82, 2.24) is 4.90 Å². The summed E-state index contributed by atoms with van der Waals surface area (Å²) >= 11 is 1.93. The van der Waals surface area contributed by atoms with Gasteiger partial charge in [0, 0.05) is 30.1 Å². The molecule has 1 saturated carbocycles. The minimum Gasteiger partial charge on any atom is -0.329 e. The molecule has 3 rings (SSSR count). The lowest BCUT2D eigenvalue weighted by atomic mass is 9.83. The summed E-state index contributed by atoms with van der Waals surface area (Å²) in [5.74, 6) is 0.924. The van der Waals surface area contributed by atoms with Crippen LogP contribution >= 0.6 is 11.3 Å². The van der Waals surface area contributed by atoms with Gasteiger partial charge in [0.1, 0.15) is 0 Å². The van der Waals surface area contributed by atoms with Crippen LogP contribution in [0.2, 0.25) is 0 Å². The third kappa shape index (κ3) is 2.95. The first-order chi connectivity index (χ1) is 9.79. The van der Waals surface area contributed by atoms with Crippen molar-refractivity contribution in [1.29, 1.82) is 0 Å². The number of hydrogen-bond acceptors (Lipinski definition) is 3. The zero-order valence-electron chi connectivity index (χ0n) is 12.7. The Morgan fingerprint density at radius 3 is 2.90 bits per heavy atom. The summed E-state index contributed by atoms with van der Waals surface area (Å²) in [6.45, 7) is 4.39. The Morgan fingerprint density at radius 2 is 2.15 bits per heavy atom. The molecule has 1 fully saturated rings. The molecule has 1 aliphatic carbocycles. The van der Waals surface area contributed by atoms with E-state index in [2.05, 4.69) is 23.3 Å². The van der Waals surface area contributed by atoms with Gasteiger partial charge in [0.25, 0.3) is 0 Å². The van der Waals surface area contributed by atoms with Gasteiger partial charge < -0.3 is 5.73 Å². The van der Waals surface area contributed by atoms with Gasteiger partial charge >= 0.3 is 0 Å². The average Bonchev–Trinajstić information content (AvgIpc) is 2.96. The summed E-state index contributed by atoms with van der Waals surface area (Å²) in [6, 6.07) is 3.47. The van der Waals surface area contributed by atoms with Crippen molar-refractivity contribution < 1.29 is 0 Å². The van der Waals surface area contributed by atoms with Gasteiger partial charge in [0.15, 0.2) is 0 Å². The van der Waals surface area contributed by atoms with Crippen LogP contribution in [0.25, 0.3) is 0 Å². The Hall–Kier alpha value is -0.380. The van der Waals surface area contributed by atoms with E-state index in [9.17, 15) is 0 Å². The highest BCUT2D eigenvalue weighted by Gasteiger charge is 2.31. The van der Waals surface area contributed by atoms with E-state index < -0.39 is 0 Å². The molecule has 2 unspecified atom stereocenters. The van der Waals surface area contributed by atoms with Gasteiger partial charge in [0.2, 0.25) is 0 Å². The molecule has 0 aromatic carbocycles. The molecule has 0 bridgehead atoms. The van der Waals surface area contributed by atoms with Crippen LogP contribution in [0.5, 0.6) is 0 Å². The van der Waals surface area contributed by atoms with Gasteiger partial charge in [-0.25, -0.2) is 0 Å². The Morgan fingerprint density at radius 1 is 1.35 bits per heavy atom. The van der Waals surface area contributed by atoms with Crippen molar-refractivity contribution in [2.24, 2.45) is 11.7 Å². The second kappa shape index (κ2) is 6.59. The first-order valence-electron chi connectivity index (χ1n) is 8.31. The summed E-state index contributed by atoms with van der Waals surface area (Å²) in [5, 5.41) is 2.25. The minimum atomic E-state index is 0.558. The molecule has 2 atom stereocenters. The number of thiophene rings is 1. The van der Waals surface area contributed by atoms with Crippen LogP contribution in [0.4, 0.5) is 0 Å². The molecule has 0 radical (unpaired) electrons. The summed E-state index contributed by atoms with van der Waals surface area (Å²) in [4.78, 5) is 4.28. The maximum atomic E-state index is 6.14. The van der Waals surface area contributed by atoms with Crippen LogP contribution in [-0.4, -0.2) is 24.0 Å². The fourth-order valence-corrected chi connectivity index (χ4v) is 5.17. The zero-order chi connectivity index (χ0) is 13.9. The van der Waals surface area contributed by atoms with Crippen molar-refractivity contribution in [3.05, 3.63) is 21.9 Å². The number of hydrogen-bond donors (Lipinski definition) is 1. The number of fused-ring (bicyclic) bond motifs is 1. The molecule has 3 heteroatoms. The maximum Gasteiger partial charge on any atom is 0.0334 e. The Balaban J connectivity index is 1.67. The molecular formula is C17H28N2S.